The van der Waals surface area contributed by atoms with Crippen molar-refractivity contribution < 1.29 is 23.7 Å². The van der Waals surface area contributed by atoms with Gasteiger partial charge in [0.1, 0.15) is 18.8 Å². The number of hydrogen-bond acceptors (Lipinski definition) is 5. The summed E-state index contributed by atoms with van der Waals surface area (Å²) in [6, 6.07) is 41.4. The molecule has 6 rings (SSSR count). The quantitative estimate of drug-likeness (QED) is 0.0879. The fourth-order valence-electron chi connectivity index (χ4n) is 6.48. The molecule has 0 aromatic heterocycles. The van der Waals surface area contributed by atoms with E-state index in [1.54, 1.807) is 6.08 Å². The van der Waals surface area contributed by atoms with Crippen LogP contribution in [0.15, 0.2) is 138 Å². The Kier molecular flexibility index (Phi) is 14.1. The highest BCUT2D eigenvalue weighted by molar-refractivity contribution is 9.10. The molecule has 0 bridgehead atoms. The van der Waals surface area contributed by atoms with Crippen LogP contribution >= 0.6 is 27.5 Å². The van der Waals surface area contributed by atoms with Crippen molar-refractivity contribution in [1.29, 1.82) is 0 Å². The molecule has 1 aliphatic rings. The monoisotopic (exact) mass is 780 g/mol. The van der Waals surface area contributed by atoms with E-state index < -0.39 is 12.2 Å². The Morgan fingerprint density at radius 2 is 1.35 bits per heavy atom. The predicted molar refractivity (Wildman–Crippen MR) is 212 cm³/mol. The summed E-state index contributed by atoms with van der Waals surface area (Å²) in [6.07, 6.45) is 2.39. The lowest BCUT2D eigenvalue weighted by Gasteiger charge is -2.42. The van der Waals surface area contributed by atoms with E-state index in [0.29, 0.717) is 56.6 Å². The summed E-state index contributed by atoms with van der Waals surface area (Å²) >= 11 is 11.0. The Bertz CT molecular complexity index is 1840. The van der Waals surface area contributed by atoms with Crippen LogP contribution in [-0.2, 0) is 51.6 Å². The van der Waals surface area contributed by atoms with Gasteiger partial charge in [-0.25, -0.2) is 0 Å². The zero-order valence-corrected chi connectivity index (χ0v) is 31.9. The highest BCUT2D eigenvalue weighted by Crippen LogP contribution is 2.46. The summed E-state index contributed by atoms with van der Waals surface area (Å²) in [4.78, 5) is 0. The molecule has 7 heteroatoms. The largest absolute Gasteiger partial charge is 0.487 e. The van der Waals surface area contributed by atoms with Gasteiger partial charge in [-0.05, 0) is 73.8 Å². The molecule has 270 valence electrons. The molecule has 4 atom stereocenters. The average molecular weight is 782 g/mol. The maximum absolute atomic E-state index is 7.10. The molecular formula is C45H46BrClO5. The summed E-state index contributed by atoms with van der Waals surface area (Å²) in [5, 5.41) is 0.566. The maximum atomic E-state index is 7.10. The van der Waals surface area contributed by atoms with Gasteiger partial charge in [-0.1, -0.05) is 146 Å². The van der Waals surface area contributed by atoms with Crippen molar-refractivity contribution in [3.8, 4) is 5.75 Å². The van der Waals surface area contributed by atoms with Crippen LogP contribution in [0.3, 0.4) is 0 Å². The molecule has 1 fully saturated rings. The minimum atomic E-state index is -0.433. The van der Waals surface area contributed by atoms with Crippen molar-refractivity contribution >= 4 is 27.5 Å². The molecule has 0 N–H and O–H groups in total. The molecule has 1 saturated heterocycles. The van der Waals surface area contributed by atoms with Crippen LogP contribution in [0.25, 0.3) is 0 Å². The number of ether oxygens (including phenoxy) is 5. The summed E-state index contributed by atoms with van der Waals surface area (Å²) in [6.45, 7) is 7.97. The van der Waals surface area contributed by atoms with Crippen LogP contribution in [0.1, 0.15) is 58.4 Å². The van der Waals surface area contributed by atoms with Crippen LogP contribution < -0.4 is 4.74 Å². The van der Waals surface area contributed by atoms with E-state index in [2.05, 4.69) is 96.2 Å². The Balaban J connectivity index is 1.35. The van der Waals surface area contributed by atoms with E-state index >= 15 is 0 Å². The number of aryl methyl sites for hydroxylation is 1. The molecule has 0 radical (unpaired) electrons. The summed E-state index contributed by atoms with van der Waals surface area (Å²) in [7, 11) is 0. The number of rotatable bonds is 17. The second-order valence-electron chi connectivity index (χ2n) is 13.0. The van der Waals surface area contributed by atoms with E-state index in [1.165, 1.54) is 5.56 Å². The van der Waals surface area contributed by atoms with Gasteiger partial charge in [-0.3, -0.25) is 0 Å². The second kappa shape index (κ2) is 19.4. The first kappa shape index (κ1) is 38.0. The molecule has 5 aromatic carbocycles. The van der Waals surface area contributed by atoms with Gasteiger partial charge in [0.15, 0.2) is 5.75 Å². The molecule has 0 aliphatic carbocycles. The average Bonchev–Trinajstić information content (AvgIpc) is 3.19. The topological polar surface area (TPSA) is 46.2 Å². The molecule has 5 nitrogen and oxygen atoms in total. The van der Waals surface area contributed by atoms with Gasteiger partial charge in [0.05, 0.1) is 48.1 Å². The Morgan fingerprint density at radius 1 is 0.769 bits per heavy atom. The lowest BCUT2D eigenvalue weighted by molar-refractivity contribution is -0.222. The molecule has 0 amide bonds. The number of benzene rings is 5. The lowest BCUT2D eigenvalue weighted by Crippen LogP contribution is -2.50. The van der Waals surface area contributed by atoms with E-state index in [1.807, 2.05) is 54.6 Å². The molecule has 5 aromatic rings. The predicted octanol–water partition coefficient (Wildman–Crippen LogP) is 11.0. The van der Waals surface area contributed by atoms with Crippen LogP contribution in [0, 0.1) is 0 Å². The van der Waals surface area contributed by atoms with Gasteiger partial charge in [-0.2, -0.15) is 0 Å². The molecule has 1 aliphatic heterocycles. The molecule has 3 unspecified atom stereocenters. The molecule has 52 heavy (non-hydrogen) atoms. The molecule has 0 spiro atoms. The maximum Gasteiger partial charge on any atom is 0.153 e. The highest BCUT2D eigenvalue weighted by Gasteiger charge is 2.42. The normalized spacial score (nSPS) is 18.6. The fraction of sp³-hybridized carbons (Fsp3) is 0.289. The molecule has 0 saturated carbocycles. The number of hydrogen-bond donors (Lipinski definition) is 0. The lowest BCUT2D eigenvalue weighted by atomic mass is 9.91. The smallest absolute Gasteiger partial charge is 0.153 e. The third-order valence-corrected chi connectivity index (χ3v) is 10.5. The summed E-state index contributed by atoms with van der Waals surface area (Å²) < 4.78 is 33.8. The highest BCUT2D eigenvalue weighted by atomic mass is 79.9. The molecule has 1 heterocycles. The first-order valence-corrected chi connectivity index (χ1v) is 19.1. The van der Waals surface area contributed by atoms with E-state index in [-0.39, 0.29) is 12.2 Å². The van der Waals surface area contributed by atoms with Crippen molar-refractivity contribution in [3.63, 3.8) is 0 Å². The SMILES string of the molecule is C=CCOc1c(Cl)c(Cc2ccc(CC)cc2)cc(C2CC(OCc3ccccc3)[C@H](OCc3ccccc3)C(COCc3ccccc3)O2)c1Br. The third-order valence-electron chi connectivity index (χ3n) is 9.29. The van der Waals surface area contributed by atoms with Gasteiger partial charge < -0.3 is 23.7 Å². The van der Waals surface area contributed by atoms with Crippen molar-refractivity contribution in [2.45, 2.75) is 70.4 Å². The minimum absolute atomic E-state index is 0.307. The zero-order chi connectivity index (χ0) is 36.1. The van der Waals surface area contributed by atoms with Gasteiger partial charge in [0, 0.05) is 6.42 Å². The van der Waals surface area contributed by atoms with Crippen molar-refractivity contribution in [1.82, 2.24) is 0 Å². The van der Waals surface area contributed by atoms with Gasteiger partial charge in [0.25, 0.3) is 0 Å². The Hall–Kier alpha value is -3.75. The fourth-order valence-corrected chi connectivity index (χ4v) is 7.55. The summed E-state index contributed by atoms with van der Waals surface area (Å²) in [5.41, 5.74) is 7.61. The molecular weight excluding hydrogens is 736 g/mol. The van der Waals surface area contributed by atoms with E-state index in [4.69, 9.17) is 35.3 Å². The van der Waals surface area contributed by atoms with Crippen molar-refractivity contribution in [3.05, 3.63) is 182 Å². The van der Waals surface area contributed by atoms with Crippen LogP contribution in [0.2, 0.25) is 5.02 Å². The van der Waals surface area contributed by atoms with Gasteiger partial charge in [-0.15, -0.1) is 0 Å². The van der Waals surface area contributed by atoms with E-state index in [9.17, 15) is 0 Å². The minimum Gasteiger partial charge on any atom is -0.487 e. The van der Waals surface area contributed by atoms with Crippen LogP contribution in [0.5, 0.6) is 5.75 Å². The summed E-state index contributed by atoms with van der Waals surface area (Å²) in [5.74, 6) is 0.573. The van der Waals surface area contributed by atoms with Crippen LogP contribution in [-0.4, -0.2) is 31.5 Å². The standard InChI is InChI=1S/C45H46BrClO5/c1-3-24-49-45-42(46)38(26-37(43(45)47)25-33-22-20-32(4-2)21-23-33)39-27-40(50-29-35-16-10-6-11-17-35)44(51-30-36-18-12-7-13-19-36)41(52-39)31-48-28-34-14-8-5-9-15-34/h3,5-23,26,39-41,44H,1,4,24-25,27-31H2,2H3/t39?,40?,41?,44-/m0/s1. The van der Waals surface area contributed by atoms with Gasteiger partial charge >= 0.3 is 0 Å². The van der Waals surface area contributed by atoms with Gasteiger partial charge in [0.2, 0.25) is 0 Å². The third kappa shape index (κ3) is 10.2. The Morgan fingerprint density at radius 3 is 1.94 bits per heavy atom. The first-order chi connectivity index (χ1) is 25.5. The Labute approximate surface area is 321 Å². The van der Waals surface area contributed by atoms with Crippen molar-refractivity contribution in [2.75, 3.05) is 13.2 Å². The zero-order valence-electron chi connectivity index (χ0n) is 29.6. The number of halogens is 2. The second-order valence-corrected chi connectivity index (χ2v) is 14.2. The van der Waals surface area contributed by atoms with Crippen LogP contribution in [0.4, 0.5) is 0 Å². The van der Waals surface area contributed by atoms with Crippen molar-refractivity contribution in [2.24, 2.45) is 0 Å². The first-order valence-electron chi connectivity index (χ1n) is 17.9. The van der Waals surface area contributed by atoms with E-state index in [0.717, 1.165) is 44.3 Å².